The summed E-state index contributed by atoms with van der Waals surface area (Å²) in [4.78, 5) is 81.1. The Labute approximate surface area is 246 Å². The van der Waals surface area contributed by atoms with Crippen LogP contribution in [0, 0.1) is 0 Å². The van der Waals surface area contributed by atoms with E-state index in [0.717, 1.165) is 12.2 Å². The van der Waals surface area contributed by atoms with Gasteiger partial charge in [0.2, 0.25) is 35.4 Å². The van der Waals surface area contributed by atoms with Gasteiger partial charge in [-0.2, -0.15) is 11.8 Å². The van der Waals surface area contributed by atoms with E-state index >= 15 is 0 Å². The highest BCUT2D eigenvalue weighted by molar-refractivity contribution is 8.00. The molecule has 15 heteroatoms. The van der Waals surface area contributed by atoms with Gasteiger partial charge in [0.05, 0.1) is 36.9 Å². The summed E-state index contributed by atoms with van der Waals surface area (Å²) < 4.78 is 0. The number of thioether (sulfide) groups is 2. The first-order chi connectivity index (χ1) is 19.2. The normalized spacial score (nSPS) is 14.2. The summed E-state index contributed by atoms with van der Waals surface area (Å²) in [6.45, 7) is 1.80. The van der Waals surface area contributed by atoms with Crippen LogP contribution in [0.1, 0.15) is 64.7 Å². The third-order valence-corrected chi connectivity index (χ3v) is 7.49. The maximum atomic E-state index is 12.1. The van der Waals surface area contributed by atoms with Crippen LogP contribution in [0.4, 0.5) is 0 Å². The van der Waals surface area contributed by atoms with Crippen LogP contribution in [-0.2, 0) is 33.6 Å². The summed E-state index contributed by atoms with van der Waals surface area (Å²) in [6, 6.07) is 0. The zero-order valence-electron chi connectivity index (χ0n) is 23.5. The lowest BCUT2D eigenvalue weighted by Gasteiger charge is -2.14. The Morgan fingerprint density at radius 3 is 1.98 bits per heavy atom. The SMILES string of the molecule is CCCCCCSCNC(=O)CNC(=O)CNC(=O)CNC(=O)CCCCCN1C(=O)CC(SC)C1=O.[B]C=O. The number of carbonyl (C=O) groups is 7. The van der Waals surface area contributed by atoms with Crippen molar-refractivity contribution in [1.29, 1.82) is 0 Å². The van der Waals surface area contributed by atoms with Crippen LogP contribution < -0.4 is 21.3 Å². The lowest BCUT2D eigenvalue weighted by Crippen LogP contribution is -2.44. The van der Waals surface area contributed by atoms with Crippen molar-refractivity contribution in [3.8, 4) is 0 Å². The second-order valence-corrected chi connectivity index (χ2v) is 10.9. The number of likely N-dealkylation sites (tertiary alicyclic amines) is 1. The summed E-state index contributed by atoms with van der Waals surface area (Å²) in [5.41, 5.74) is 0. The molecule has 0 bridgehead atoms. The van der Waals surface area contributed by atoms with Crippen LogP contribution in [0.3, 0.4) is 0 Å². The number of amides is 6. The Morgan fingerprint density at radius 2 is 1.43 bits per heavy atom. The van der Waals surface area contributed by atoms with Gasteiger partial charge in [-0.25, -0.2) is 0 Å². The molecule has 1 aliphatic rings. The predicted octanol–water partition coefficient (Wildman–Crippen LogP) is 0.118. The molecule has 40 heavy (non-hydrogen) atoms. The molecular formula is C25H42BN5O7S2. The molecule has 0 spiro atoms. The van der Waals surface area contributed by atoms with E-state index in [9.17, 15) is 28.8 Å². The summed E-state index contributed by atoms with van der Waals surface area (Å²) >= 11 is 3.02. The molecule has 0 aliphatic carbocycles. The van der Waals surface area contributed by atoms with E-state index in [1.807, 2.05) is 6.26 Å². The minimum absolute atomic E-state index is 0.138. The third-order valence-electron chi connectivity index (χ3n) is 5.62. The molecule has 0 aromatic carbocycles. The number of hydrogen-bond acceptors (Lipinski definition) is 9. The average molecular weight is 600 g/mol. The molecular weight excluding hydrogens is 557 g/mol. The van der Waals surface area contributed by atoms with E-state index in [1.165, 1.54) is 35.9 Å². The van der Waals surface area contributed by atoms with Gasteiger partial charge in [-0.15, -0.1) is 11.8 Å². The van der Waals surface area contributed by atoms with Crippen LogP contribution in [0.25, 0.3) is 0 Å². The minimum atomic E-state index is -0.512. The van der Waals surface area contributed by atoms with Crippen molar-refractivity contribution in [3.63, 3.8) is 0 Å². The summed E-state index contributed by atoms with van der Waals surface area (Å²) in [7, 11) is 4.17. The molecule has 4 N–H and O–H groups in total. The summed E-state index contributed by atoms with van der Waals surface area (Å²) in [6.07, 6.45) is 9.10. The van der Waals surface area contributed by atoms with E-state index in [0.29, 0.717) is 31.7 Å². The van der Waals surface area contributed by atoms with Gasteiger partial charge in [0.15, 0.2) is 7.85 Å². The van der Waals surface area contributed by atoms with Gasteiger partial charge in [-0.05, 0) is 31.3 Å². The Hall–Kier alpha value is -2.55. The molecule has 12 nitrogen and oxygen atoms in total. The third kappa shape index (κ3) is 18.7. The Morgan fingerprint density at radius 1 is 0.875 bits per heavy atom. The first kappa shape index (κ1) is 37.5. The molecule has 0 aromatic rings. The van der Waals surface area contributed by atoms with Crippen LogP contribution in [0.2, 0.25) is 0 Å². The van der Waals surface area contributed by atoms with Gasteiger partial charge in [-0.1, -0.05) is 32.6 Å². The second kappa shape index (κ2) is 24.3. The minimum Gasteiger partial charge on any atom is -0.347 e. The van der Waals surface area contributed by atoms with Gasteiger partial charge in [0, 0.05) is 19.4 Å². The standard InChI is InChI=1S/C24H41N5O6S2.CHBO/c1-3-4-5-9-12-37-17-28-22(33)16-27-21(32)15-26-20(31)14-25-19(30)10-7-6-8-11-29-23(34)13-18(36-2)24(29)35;2-1-3/h18H,3-17H2,1-2H3,(H,25,30)(H,26,31)(H,27,32)(H,28,33);1H. The van der Waals surface area contributed by atoms with Crippen LogP contribution in [0.15, 0.2) is 0 Å². The molecule has 0 aromatic heterocycles. The van der Waals surface area contributed by atoms with Gasteiger partial charge in [0.25, 0.3) is 0 Å². The number of unbranched alkanes of at least 4 members (excludes halogenated alkanes) is 5. The first-order valence-electron chi connectivity index (χ1n) is 13.4. The van der Waals surface area contributed by atoms with Crippen LogP contribution in [0.5, 0.6) is 0 Å². The van der Waals surface area contributed by atoms with Gasteiger partial charge < -0.3 is 26.1 Å². The highest BCUT2D eigenvalue weighted by Crippen LogP contribution is 2.23. The van der Waals surface area contributed by atoms with Crippen molar-refractivity contribution >= 4 is 73.0 Å². The van der Waals surface area contributed by atoms with E-state index in [-0.39, 0.29) is 67.5 Å². The molecule has 2 radical (unpaired) electrons. The topological polar surface area (TPSA) is 171 Å². The molecule has 1 saturated heterocycles. The Balaban J connectivity index is 0.00000483. The van der Waals surface area contributed by atoms with E-state index in [1.54, 1.807) is 11.8 Å². The van der Waals surface area contributed by atoms with Crippen molar-refractivity contribution in [2.75, 3.05) is 44.1 Å². The Bertz CT molecular complexity index is 835. The molecule has 1 atom stereocenters. The molecule has 1 rings (SSSR count). The largest absolute Gasteiger partial charge is 0.347 e. The summed E-state index contributed by atoms with van der Waals surface area (Å²) in [5.74, 6) is -0.410. The van der Waals surface area contributed by atoms with Gasteiger partial charge in [0.1, 0.15) is 0 Å². The maximum absolute atomic E-state index is 12.1. The predicted molar refractivity (Wildman–Crippen MR) is 158 cm³/mol. The number of rotatable bonds is 20. The van der Waals surface area contributed by atoms with E-state index in [2.05, 4.69) is 36.0 Å². The molecule has 1 unspecified atom stereocenters. The van der Waals surface area contributed by atoms with Crippen molar-refractivity contribution in [1.82, 2.24) is 26.2 Å². The fourth-order valence-corrected chi connectivity index (χ4v) is 4.90. The highest BCUT2D eigenvalue weighted by atomic mass is 32.2. The highest BCUT2D eigenvalue weighted by Gasteiger charge is 2.37. The number of nitrogens with zero attached hydrogens (tertiary/aromatic N) is 1. The zero-order chi connectivity index (χ0) is 30.2. The van der Waals surface area contributed by atoms with E-state index in [4.69, 9.17) is 4.79 Å². The smallest absolute Gasteiger partial charge is 0.242 e. The fourth-order valence-electron chi connectivity index (χ4n) is 3.45. The van der Waals surface area contributed by atoms with Crippen LogP contribution in [-0.4, -0.2) is 104 Å². The molecule has 1 heterocycles. The molecule has 1 aliphatic heterocycles. The number of hydrogen-bond donors (Lipinski definition) is 4. The number of imide groups is 1. The van der Waals surface area contributed by atoms with Crippen molar-refractivity contribution in [2.24, 2.45) is 0 Å². The second-order valence-electron chi connectivity index (χ2n) is 8.80. The van der Waals surface area contributed by atoms with Crippen LogP contribution >= 0.6 is 23.5 Å². The molecule has 224 valence electrons. The molecule has 1 fully saturated rings. The first-order valence-corrected chi connectivity index (χ1v) is 15.8. The lowest BCUT2D eigenvalue weighted by molar-refractivity contribution is -0.138. The van der Waals surface area contributed by atoms with Gasteiger partial charge in [-0.3, -0.25) is 33.7 Å². The molecule has 6 amide bonds. The zero-order valence-corrected chi connectivity index (χ0v) is 25.1. The van der Waals surface area contributed by atoms with Gasteiger partial charge >= 0.3 is 0 Å². The Kier molecular flexibility index (Phi) is 22.7. The van der Waals surface area contributed by atoms with Crippen molar-refractivity contribution in [3.05, 3.63) is 0 Å². The number of carbonyl (C=O) groups excluding carboxylic acids is 7. The van der Waals surface area contributed by atoms with E-state index < -0.39 is 11.8 Å². The lowest BCUT2D eigenvalue weighted by atomic mass is 10.2. The van der Waals surface area contributed by atoms with Crippen molar-refractivity contribution in [2.45, 2.75) is 70.0 Å². The maximum Gasteiger partial charge on any atom is 0.242 e. The summed E-state index contributed by atoms with van der Waals surface area (Å²) in [5, 5.41) is 9.74. The fraction of sp³-hybridized carbons (Fsp3) is 0.720. The average Bonchev–Trinajstić information content (AvgIpc) is 3.21. The number of nitrogens with one attached hydrogen (secondary N) is 4. The monoisotopic (exact) mass is 599 g/mol. The quantitative estimate of drug-likeness (QED) is 0.0499. The van der Waals surface area contributed by atoms with Crippen molar-refractivity contribution < 1.29 is 33.6 Å². The molecule has 0 saturated carbocycles.